The molecule has 1 atom stereocenters. The van der Waals surface area contributed by atoms with Gasteiger partial charge in [-0.05, 0) is 35.4 Å². The second-order valence-electron chi connectivity index (χ2n) is 6.97. The second-order valence-corrected chi connectivity index (χ2v) is 8.91. The fourth-order valence-electron chi connectivity index (χ4n) is 3.52. The van der Waals surface area contributed by atoms with Crippen molar-refractivity contribution in [3.63, 3.8) is 0 Å². The molecule has 1 aromatic heterocycles. The molecule has 1 aliphatic heterocycles. The fraction of sp³-hybridized carbons (Fsp3) is 0.136. The van der Waals surface area contributed by atoms with Gasteiger partial charge in [0.05, 0.1) is 15.5 Å². The van der Waals surface area contributed by atoms with Crippen molar-refractivity contribution < 1.29 is 13.3 Å². The van der Waals surface area contributed by atoms with Gasteiger partial charge in [-0.15, -0.1) is 0 Å². The molecule has 0 N–H and O–H groups in total. The number of non-ortho nitro benzene ring substituents is 1. The van der Waals surface area contributed by atoms with Gasteiger partial charge in [0.2, 0.25) is 10.0 Å². The van der Waals surface area contributed by atoms with Gasteiger partial charge in [0, 0.05) is 37.3 Å². The van der Waals surface area contributed by atoms with E-state index in [1.54, 1.807) is 6.20 Å². The third-order valence-electron chi connectivity index (χ3n) is 5.06. The Balaban J connectivity index is 1.72. The van der Waals surface area contributed by atoms with Crippen LogP contribution >= 0.6 is 0 Å². The first-order valence-electron chi connectivity index (χ1n) is 9.37. The Morgan fingerprint density at radius 2 is 1.67 bits per heavy atom. The van der Waals surface area contributed by atoms with E-state index in [2.05, 4.69) is 11.1 Å². The molecule has 0 bridgehead atoms. The number of aromatic nitrogens is 1. The third kappa shape index (κ3) is 4.00. The van der Waals surface area contributed by atoms with E-state index in [0.29, 0.717) is 0 Å². The number of pyridine rings is 1. The topological polar surface area (TPSA) is 93.4 Å². The normalized spacial score (nSPS) is 17.3. The van der Waals surface area contributed by atoms with Crippen LogP contribution in [0.25, 0.3) is 5.57 Å². The Labute approximate surface area is 174 Å². The molecule has 0 fully saturated rings. The number of benzene rings is 2. The molecule has 0 saturated carbocycles. The van der Waals surface area contributed by atoms with Crippen LogP contribution in [-0.2, 0) is 10.0 Å². The van der Waals surface area contributed by atoms with Crippen LogP contribution in [0.2, 0.25) is 0 Å². The summed E-state index contributed by atoms with van der Waals surface area (Å²) in [6.45, 7) is 0.458. The highest BCUT2D eigenvalue weighted by Crippen LogP contribution is 2.32. The molecule has 2 heterocycles. The van der Waals surface area contributed by atoms with E-state index < -0.39 is 14.9 Å². The van der Waals surface area contributed by atoms with E-state index in [1.807, 2.05) is 48.5 Å². The van der Waals surface area contributed by atoms with Gasteiger partial charge >= 0.3 is 0 Å². The number of sulfonamides is 1. The Bertz CT molecular complexity index is 1180. The lowest BCUT2D eigenvalue weighted by atomic mass is 9.92. The molecular weight excluding hydrogens is 402 g/mol. The van der Waals surface area contributed by atoms with Crippen molar-refractivity contribution in [2.45, 2.75) is 10.8 Å². The molecule has 3 aromatic rings. The summed E-state index contributed by atoms with van der Waals surface area (Å²) in [7, 11) is -3.84. The summed E-state index contributed by atoms with van der Waals surface area (Å²) in [5.41, 5.74) is 2.40. The van der Waals surface area contributed by atoms with Crippen LogP contribution in [0.15, 0.2) is 90.0 Å². The average molecular weight is 421 g/mol. The first kappa shape index (κ1) is 19.9. The summed E-state index contributed by atoms with van der Waals surface area (Å²) in [5.74, 6) is -0.134. The van der Waals surface area contributed by atoms with Gasteiger partial charge in [-0.1, -0.05) is 42.5 Å². The summed E-state index contributed by atoms with van der Waals surface area (Å²) in [5, 5.41) is 10.9. The predicted octanol–water partition coefficient (Wildman–Crippen LogP) is 3.86. The van der Waals surface area contributed by atoms with Gasteiger partial charge in [0.1, 0.15) is 0 Å². The average Bonchev–Trinajstić information content (AvgIpc) is 2.80. The number of nitro benzene ring substituents is 1. The summed E-state index contributed by atoms with van der Waals surface area (Å²) >= 11 is 0. The third-order valence-corrected chi connectivity index (χ3v) is 6.88. The predicted molar refractivity (Wildman–Crippen MR) is 113 cm³/mol. The Hall–Kier alpha value is -3.36. The molecule has 0 spiro atoms. The molecule has 152 valence electrons. The maximum atomic E-state index is 13.3. The highest BCUT2D eigenvalue weighted by atomic mass is 32.2. The van der Waals surface area contributed by atoms with Crippen molar-refractivity contribution in [3.05, 3.63) is 106 Å². The molecule has 1 unspecified atom stereocenters. The van der Waals surface area contributed by atoms with Crippen LogP contribution in [0.3, 0.4) is 0 Å². The molecule has 2 aromatic carbocycles. The lowest BCUT2D eigenvalue weighted by Crippen LogP contribution is -2.38. The number of hydrogen-bond donors (Lipinski definition) is 0. The van der Waals surface area contributed by atoms with E-state index >= 15 is 0 Å². The number of nitrogens with zero attached hydrogens (tertiary/aromatic N) is 3. The molecule has 7 nitrogen and oxygen atoms in total. The van der Waals surface area contributed by atoms with Gasteiger partial charge in [0.15, 0.2) is 0 Å². The molecule has 4 rings (SSSR count). The first-order valence-corrected chi connectivity index (χ1v) is 10.8. The van der Waals surface area contributed by atoms with Crippen molar-refractivity contribution in [2.75, 3.05) is 13.1 Å². The lowest BCUT2D eigenvalue weighted by molar-refractivity contribution is -0.384. The molecular formula is C22H19N3O4S. The van der Waals surface area contributed by atoms with E-state index in [4.69, 9.17) is 0 Å². The van der Waals surface area contributed by atoms with E-state index in [-0.39, 0.29) is 29.6 Å². The van der Waals surface area contributed by atoms with Gasteiger partial charge in [-0.25, -0.2) is 8.42 Å². The number of nitro groups is 1. The maximum absolute atomic E-state index is 13.3. The van der Waals surface area contributed by atoms with Crippen molar-refractivity contribution in [2.24, 2.45) is 0 Å². The fourth-order valence-corrected chi connectivity index (χ4v) is 4.96. The minimum atomic E-state index is -3.84. The highest BCUT2D eigenvalue weighted by molar-refractivity contribution is 7.89. The van der Waals surface area contributed by atoms with Crippen molar-refractivity contribution >= 4 is 21.3 Å². The monoisotopic (exact) mass is 421 g/mol. The van der Waals surface area contributed by atoms with Crippen molar-refractivity contribution in [3.8, 4) is 0 Å². The SMILES string of the molecule is O=[N+]([O-])c1ccc(S(=O)(=O)N2CC(c3ccccn3)=CC(c3ccccc3)C2)cc1. The van der Waals surface area contributed by atoms with Crippen LogP contribution in [0, 0.1) is 10.1 Å². The molecule has 30 heavy (non-hydrogen) atoms. The van der Waals surface area contributed by atoms with Crippen molar-refractivity contribution in [1.82, 2.24) is 9.29 Å². The molecule has 8 heteroatoms. The Morgan fingerprint density at radius 3 is 2.30 bits per heavy atom. The molecule has 0 saturated heterocycles. The van der Waals surface area contributed by atoms with E-state index in [0.717, 1.165) is 16.8 Å². The molecule has 1 aliphatic rings. The van der Waals surface area contributed by atoms with Crippen LogP contribution in [0.1, 0.15) is 17.2 Å². The zero-order valence-corrected chi connectivity index (χ0v) is 16.8. The van der Waals surface area contributed by atoms with Gasteiger partial charge in [-0.3, -0.25) is 15.1 Å². The van der Waals surface area contributed by atoms with Gasteiger partial charge in [-0.2, -0.15) is 4.31 Å². The van der Waals surface area contributed by atoms with Gasteiger partial charge in [0.25, 0.3) is 5.69 Å². The lowest BCUT2D eigenvalue weighted by Gasteiger charge is -2.31. The van der Waals surface area contributed by atoms with Gasteiger partial charge < -0.3 is 0 Å². The molecule has 0 radical (unpaired) electrons. The quantitative estimate of drug-likeness (QED) is 0.461. The van der Waals surface area contributed by atoms with E-state index in [1.165, 1.54) is 28.6 Å². The smallest absolute Gasteiger partial charge is 0.258 e. The zero-order chi connectivity index (χ0) is 21.1. The van der Waals surface area contributed by atoms with E-state index in [9.17, 15) is 18.5 Å². The zero-order valence-electron chi connectivity index (χ0n) is 16.0. The molecule has 0 aliphatic carbocycles. The van der Waals surface area contributed by atoms with Crippen LogP contribution < -0.4 is 0 Å². The summed E-state index contributed by atoms with van der Waals surface area (Å²) in [4.78, 5) is 14.8. The summed E-state index contributed by atoms with van der Waals surface area (Å²) < 4.78 is 28.1. The standard InChI is InChI=1S/C22H19N3O4S/c26-25(27)20-9-11-21(12-10-20)30(28,29)24-15-18(17-6-2-1-3-7-17)14-19(16-24)22-8-4-5-13-23-22/h1-14,18H,15-16H2. The second kappa shape index (κ2) is 8.17. The summed E-state index contributed by atoms with van der Waals surface area (Å²) in [6, 6.07) is 20.2. The molecule has 0 amide bonds. The largest absolute Gasteiger partial charge is 0.269 e. The summed E-state index contributed by atoms with van der Waals surface area (Å²) in [6.07, 6.45) is 3.75. The minimum Gasteiger partial charge on any atom is -0.258 e. The maximum Gasteiger partial charge on any atom is 0.269 e. The number of rotatable bonds is 5. The van der Waals surface area contributed by atoms with Crippen LogP contribution in [0.5, 0.6) is 0 Å². The van der Waals surface area contributed by atoms with Crippen molar-refractivity contribution in [1.29, 1.82) is 0 Å². The Morgan fingerprint density at radius 1 is 0.967 bits per heavy atom. The highest BCUT2D eigenvalue weighted by Gasteiger charge is 2.32. The number of hydrogen-bond acceptors (Lipinski definition) is 5. The Kier molecular flexibility index (Phi) is 5.43. The van der Waals surface area contributed by atoms with Crippen LogP contribution in [-0.4, -0.2) is 35.7 Å². The minimum absolute atomic E-state index is 0.0298. The first-order chi connectivity index (χ1) is 14.4. The van der Waals surface area contributed by atoms with Crippen LogP contribution in [0.4, 0.5) is 5.69 Å².